The number of carbonyl (C=O) groups is 1. The molecule has 0 radical (unpaired) electrons. The number of aliphatic carboxylic acids is 1. The maximum atomic E-state index is 11.2. The minimum atomic E-state index is -0.780. The highest BCUT2D eigenvalue weighted by Crippen LogP contribution is 2.20. The Morgan fingerprint density at radius 3 is 3.17 bits per heavy atom. The summed E-state index contributed by atoms with van der Waals surface area (Å²) in [4.78, 5) is 17.1. The number of carboxylic acids is 1. The molecule has 94 valence electrons. The molecule has 1 saturated heterocycles. The molecule has 1 aliphatic rings. The predicted molar refractivity (Wildman–Crippen MR) is 64.6 cm³/mol. The van der Waals surface area contributed by atoms with Crippen LogP contribution in [0.5, 0.6) is 0 Å². The second-order valence-corrected chi connectivity index (χ2v) is 4.44. The molecule has 1 unspecified atom stereocenters. The van der Waals surface area contributed by atoms with E-state index in [9.17, 15) is 9.90 Å². The van der Waals surface area contributed by atoms with E-state index in [-0.39, 0.29) is 0 Å². The summed E-state index contributed by atoms with van der Waals surface area (Å²) in [5.74, 6) is -0.780. The van der Waals surface area contributed by atoms with Crippen molar-refractivity contribution in [2.45, 2.75) is 31.8 Å². The van der Waals surface area contributed by atoms with Crippen LogP contribution in [0.3, 0.4) is 0 Å². The van der Waals surface area contributed by atoms with Gasteiger partial charge < -0.3 is 5.11 Å². The van der Waals surface area contributed by atoms with Gasteiger partial charge in [-0.15, -0.1) is 0 Å². The summed E-state index contributed by atoms with van der Waals surface area (Å²) in [6.07, 6.45) is 4.21. The normalized spacial score (nSPS) is 20.3. The summed E-state index contributed by atoms with van der Waals surface area (Å²) >= 11 is 0. The molecule has 1 aromatic rings. The van der Waals surface area contributed by atoms with E-state index in [1.165, 1.54) is 0 Å². The maximum absolute atomic E-state index is 11.2. The average molecular weight is 245 g/mol. The van der Waals surface area contributed by atoms with Crippen LogP contribution < -0.4 is 0 Å². The number of likely N-dealkylation sites (tertiary alicyclic amines) is 1. The van der Waals surface area contributed by atoms with Crippen molar-refractivity contribution < 1.29 is 9.90 Å². The van der Waals surface area contributed by atoms with Gasteiger partial charge in [0.15, 0.2) is 0 Å². The highest BCUT2D eigenvalue weighted by atomic mass is 16.4. The van der Waals surface area contributed by atoms with Gasteiger partial charge >= 0.3 is 5.97 Å². The van der Waals surface area contributed by atoms with Crippen molar-refractivity contribution in [2.75, 3.05) is 6.54 Å². The highest BCUT2D eigenvalue weighted by molar-refractivity contribution is 5.73. The summed E-state index contributed by atoms with van der Waals surface area (Å²) in [5, 5.41) is 18.2. The number of pyridine rings is 1. The molecular formula is C13H15N3O2. The molecule has 0 bridgehead atoms. The van der Waals surface area contributed by atoms with Gasteiger partial charge in [0, 0.05) is 18.3 Å². The van der Waals surface area contributed by atoms with Gasteiger partial charge in [-0.05, 0) is 25.5 Å². The van der Waals surface area contributed by atoms with E-state index in [0.717, 1.165) is 24.9 Å². The fourth-order valence-corrected chi connectivity index (χ4v) is 2.35. The summed E-state index contributed by atoms with van der Waals surface area (Å²) in [7, 11) is 0. The lowest BCUT2D eigenvalue weighted by molar-refractivity contribution is -0.144. The lowest BCUT2D eigenvalue weighted by atomic mass is 10.0. The molecule has 0 amide bonds. The molecule has 1 N–H and O–H groups in total. The third kappa shape index (κ3) is 2.66. The Morgan fingerprint density at radius 1 is 1.61 bits per heavy atom. The fraction of sp³-hybridized carbons (Fsp3) is 0.462. The Morgan fingerprint density at radius 2 is 2.44 bits per heavy atom. The van der Waals surface area contributed by atoms with E-state index >= 15 is 0 Å². The molecule has 0 saturated carbocycles. The molecule has 0 aromatic carbocycles. The second kappa shape index (κ2) is 5.61. The topological polar surface area (TPSA) is 77.2 Å². The van der Waals surface area contributed by atoms with Gasteiger partial charge in [0.1, 0.15) is 17.8 Å². The van der Waals surface area contributed by atoms with E-state index < -0.39 is 12.0 Å². The Hall–Kier alpha value is -1.93. The number of hydrogen-bond donors (Lipinski definition) is 1. The Balaban J connectivity index is 2.16. The van der Waals surface area contributed by atoms with Gasteiger partial charge in [0.05, 0.1) is 0 Å². The van der Waals surface area contributed by atoms with Gasteiger partial charge in [-0.3, -0.25) is 9.69 Å². The number of nitrogens with zero attached hydrogens (tertiary/aromatic N) is 3. The monoisotopic (exact) mass is 245 g/mol. The molecule has 0 spiro atoms. The van der Waals surface area contributed by atoms with Crippen LogP contribution in [0.2, 0.25) is 0 Å². The highest BCUT2D eigenvalue weighted by Gasteiger charge is 2.28. The minimum Gasteiger partial charge on any atom is -0.480 e. The van der Waals surface area contributed by atoms with E-state index in [0.29, 0.717) is 18.7 Å². The molecule has 1 fully saturated rings. The van der Waals surface area contributed by atoms with E-state index in [1.807, 2.05) is 17.0 Å². The number of nitriles is 1. The summed E-state index contributed by atoms with van der Waals surface area (Å²) in [5.41, 5.74) is 1.18. The van der Waals surface area contributed by atoms with Crippen molar-refractivity contribution in [3.05, 3.63) is 29.6 Å². The molecule has 18 heavy (non-hydrogen) atoms. The van der Waals surface area contributed by atoms with Gasteiger partial charge in [-0.2, -0.15) is 5.26 Å². The first-order valence-electron chi connectivity index (χ1n) is 6.03. The van der Waals surface area contributed by atoms with Crippen molar-refractivity contribution in [1.29, 1.82) is 5.26 Å². The van der Waals surface area contributed by atoms with Crippen molar-refractivity contribution in [1.82, 2.24) is 9.88 Å². The first-order chi connectivity index (χ1) is 8.72. The van der Waals surface area contributed by atoms with E-state index in [4.69, 9.17) is 5.26 Å². The molecule has 5 heteroatoms. The molecule has 1 atom stereocenters. The van der Waals surface area contributed by atoms with E-state index in [1.54, 1.807) is 12.3 Å². The summed E-state index contributed by atoms with van der Waals surface area (Å²) in [6, 6.07) is 5.21. The predicted octanol–water partition coefficient (Wildman–Crippen LogP) is 1.39. The average Bonchev–Trinajstić information content (AvgIpc) is 2.40. The van der Waals surface area contributed by atoms with Gasteiger partial charge in [-0.1, -0.05) is 12.5 Å². The number of aromatic nitrogens is 1. The molecule has 1 aromatic heterocycles. The molecule has 5 nitrogen and oxygen atoms in total. The smallest absolute Gasteiger partial charge is 0.320 e. The van der Waals surface area contributed by atoms with Crippen LogP contribution in [0.4, 0.5) is 0 Å². The van der Waals surface area contributed by atoms with E-state index in [2.05, 4.69) is 4.98 Å². The first kappa shape index (κ1) is 12.5. The zero-order valence-corrected chi connectivity index (χ0v) is 10.0. The molecule has 2 heterocycles. The lowest BCUT2D eigenvalue weighted by Gasteiger charge is -2.32. The third-order valence-corrected chi connectivity index (χ3v) is 3.27. The fourth-order valence-electron chi connectivity index (χ4n) is 2.35. The van der Waals surface area contributed by atoms with Crippen LogP contribution >= 0.6 is 0 Å². The standard InChI is InChI=1S/C13H15N3O2/c14-8-11-10(4-3-6-15-11)9-16-7-2-1-5-12(16)13(17)18/h3-4,6,12H,1-2,5,7,9H2,(H,17,18). The van der Waals surface area contributed by atoms with Crippen molar-refractivity contribution in [3.63, 3.8) is 0 Å². The first-order valence-corrected chi connectivity index (χ1v) is 6.03. The van der Waals surface area contributed by atoms with Crippen LogP contribution in [0.25, 0.3) is 0 Å². The SMILES string of the molecule is N#Cc1ncccc1CN1CCCCC1C(=O)O. The summed E-state index contributed by atoms with van der Waals surface area (Å²) in [6.45, 7) is 1.24. The quantitative estimate of drug-likeness (QED) is 0.870. The van der Waals surface area contributed by atoms with Gasteiger partial charge in [0.25, 0.3) is 0 Å². The van der Waals surface area contributed by atoms with Crippen molar-refractivity contribution in [2.24, 2.45) is 0 Å². The van der Waals surface area contributed by atoms with Crippen molar-refractivity contribution in [3.8, 4) is 6.07 Å². The number of hydrogen-bond acceptors (Lipinski definition) is 4. The lowest BCUT2D eigenvalue weighted by Crippen LogP contribution is -2.44. The maximum Gasteiger partial charge on any atom is 0.320 e. The molecule has 1 aliphatic heterocycles. The van der Waals surface area contributed by atoms with Crippen LogP contribution in [0.15, 0.2) is 18.3 Å². The second-order valence-electron chi connectivity index (χ2n) is 4.44. The zero-order valence-electron chi connectivity index (χ0n) is 10.0. The van der Waals surface area contributed by atoms with Crippen LogP contribution in [0, 0.1) is 11.3 Å². The molecule has 2 rings (SSSR count). The number of piperidine rings is 1. The Kier molecular flexibility index (Phi) is 3.90. The van der Waals surface area contributed by atoms with Crippen LogP contribution in [-0.2, 0) is 11.3 Å². The Labute approximate surface area is 106 Å². The minimum absolute atomic E-state index is 0.382. The molecular weight excluding hydrogens is 230 g/mol. The zero-order chi connectivity index (χ0) is 13.0. The van der Waals surface area contributed by atoms with Gasteiger partial charge in [-0.25, -0.2) is 4.98 Å². The van der Waals surface area contributed by atoms with Crippen LogP contribution in [-0.4, -0.2) is 33.5 Å². The third-order valence-electron chi connectivity index (χ3n) is 3.27. The Bertz CT molecular complexity index is 481. The van der Waals surface area contributed by atoms with Crippen LogP contribution in [0.1, 0.15) is 30.5 Å². The van der Waals surface area contributed by atoms with Gasteiger partial charge in [0.2, 0.25) is 0 Å². The number of carboxylic acid groups (broad SMARTS) is 1. The summed E-state index contributed by atoms with van der Waals surface area (Å²) < 4.78 is 0. The van der Waals surface area contributed by atoms with Crippen molar-refractivity contribution >= 4 is 5.97 Å². The molecule has 0 aliphatic carbocycles. The largest absolute Gasteiger partial charge is 0.480 e. The number of rotatable bonds is 3.